The van der Waals surface area contributed by atoms with Crippen LogP contribution < -0.4 is 0 Å². The minimum absolute atomic E-state index is 0.708. The quantitative estimate of drug-likeness (QED) is 0.470. The molecular weight excluding hydrogens is 343 g/mol. The molecule has 3 aromatic heterocycles. The van der Waals surface area contributed by atoms with Crippen LogP contribution in [-0.2, 0) is 0 Å². The van der Waals surface area contributed by atoms with Crippen LogP contribution in [0.1, 0.15) is 30.1 Å². The molecule has 1 nitrogen and oxygen atoms in total. The van der Waals surface area contributed by atoms with Crippen LogP contribution in [0.3, 0.4) is 0 Å². The SMILES string of the molecule is Cc1ccc(C)[se]1.Cc1ccc(C)o1.Cc1ccc(C)s1. The summed E-state index contributed by atoms with van der Waals surface area (Å²) in [4.78, 5) is 2.80. The molecule has 3 aromatic rings. The van der Waals surface area contributed by atoms with Gasteiger partial charge in [0, 0.05) is 9.75 Å². The largest absolute Gasteiger partial charge is 0.467 e. The molecule has 21 heavy (non-hydrogen) atoms. The zero-order valence-electron chi connectivity index (χ0n) is 13.7. The van der Waals surface area contributed by atoms with Gasteiger partial charge < -0.3 is 4.42 Å². The summed E-state index contributed by atoms with van der Waals surface area (Å²) >= 11 is 2.55. The minimum Gasteiger partial charge on any atom is -0.467 e. The van der Waals surface area contributed by atoms with E-state index in [1.54, 1.807) is 8.87 Å². The third-order valence-electron chi connectivity index (χ3n) is 2.62. The van der Waals surface area contributed by atoms with Crippen LogP contribution in [-0.4, -0.2) is 14.5 Å². The van der Waals surface area contributed by atoms with Crippen molar-refractivity contribution in [2.75, 3.05) is 0 Å². The third-order valence-corrected chi connectivity index (χ3v) is 5.46. The van der Waals surface area contributed by atoms with Crippen molar-refractivity contribution >= 4 is 25.8 Å². The maximum Gasteiger partial charge on any atom is 0.101 e. The van der Waals surface area contributed by atoms with Crippen molar-refractivity contribution < 1.29 is 4.42 Å². The molecule has 0 unspecified atom stereocenters. The second-order valence-electron chi connectivity index (χ2n) is 4.97. The molecule has 0 aliphatic heterocycles. The van der Waals surface area contributed by atoms with Gasteiger partial charge in [0.2, 0.25) is 0 Å². The first-order valence-corrected chi connectivity index (χ1v) is 9.49. The summed E-state index contributed by atoms with van der Waals surface area (Å²) in [5.41, 5.74) is 0. The van der Waals surface area contributed by atoms with Crippen LogP contribution in [0, 0.1) is 41.5 Å². The van der Waals surface area contributed by atoms with Gasteiger partial charge in [0.1, 0.15) is 11.5 Å². The molecular formula is C18H24OSSe. The Bertz CT molecular complexity index is 505. The monoisotopic (exact) mass is 368 g/mol. The van der Waals surface area contributed by atoms with Gasteiger partial charge >= 0.3 is 49.4 Å². The van der Waals surface area contributed by atoms with E-state index in [1.807, 2.05) is 37.3 Å². The second-order valence-corrected chi connectivity index (χ2v) is 9.59. The molecule has 0 fully saturated rings. The van der Waals surface area contributed by atoms with Gasteiger partial charge in [0.05, 0.1) is 0 Å². The summed E-state index contributed by atoms with van der Waals surface area (Å²) in [5, 5.41) is 0. The van der Waals surface area contributed by atoms with E-state index >= 15 is 0 Å². The van der Waals surface area contributed by atoms with Crippen molar-refractivity contribution in [1.82, 2.24) is 0 Å². The van der Waals surface area contributed by atoms with E-state index in [9.17, 15) is 0 Å². The second kappa shape index (κ2) is 9.09. The molecule has 3 rings (SSSR count). The first-order chi connectivity index (χ1) is 9.86. The zero-order valence-corrected chi connectivity index (χ0v) is 16.2. The van der Waals surface area contributed by atoms with E-state index in [2.05, 4.69) is 52.0 Å². The predicted molar refractivity (Wildman–Crippen MR) is 94.8 cm³/mol. The Labute approximate surface area is 138 Å². The Morgan fingerprint density at radius 1 is 0.667 bits per heavy atom. The van der Waals surface area contributed by atoms with Crippen molar-refractivity contribution in [3.8, 4) is 0 Å². The fourth-order valence-corrected chi connectivity index (χ4v) is 4.09. The Morgan fingerprint density at radius 3 is 1.24 bits per heavy atom. The molecule has 3 heteroatoms. The molecule has 0 aromatic carbocycles. The maximum absolute atomic E-state index is 5.08. The molecule has 0 N–H and O–H groups in total. The van der Waals surface area contributed by atoms with E-state index in [4.69, 9.17) is 4.42 Å². The predicted octanol–water partition coefficient (Wildman–Crippen LogP) is 5.62. The van der Waals surface area contributed by atoms with Gasteiger partial charge in [-0.15, -0.1) is 11.3 Å². The maximum atomic E-state index is 5.08. The van der Waals surface area contributed by atoms with Gasteiger partial charge in [-0.2, -0.15) is 0 Å². The van der Waals surface area contributed by atoms with Crippen LogP contribution in [0.5, 0.6) is 0 Å². The standard InChI is InChI=1S/C6H8O.C6H8S.C6H8Se/c3*1-5-3-4-6(2)7-5/h3*3-4H,1-2H3. The average molecular weight is 367 g/mol. The number of hydrogen-bond donors (Lipinski definition) is 0. The fourth-order valence-electron chi connectivity index (χ4n) is 1.67. The Kier molecular flexibility index (Phi) is 7.80. The molecule has 0 saturated carbocycles. The van der Waals surface area contributed by atoms with Crippen molar-refractivity contribution in [2.24, 2.45) is 0 Å². The molecule has 0 radical (unpaired) electrons. The van der Waals surface area contributed by atoms with Crippen LogP contribution in [0.4, 0.5) is 0 Å². The average Bonchev–Trinajstić information content (AvgIpc) is 3.06. The van der Waals surface area contributed by atoms with Gasteiger partial charge in [-0.1, -0.05) is 0 Å². The summed E-state index contributed by atoms with van der Waals surface area (Å²) in [6.07, 6.45) is 0. The Hall–Kier alpha value is -1.02. The Balaban J connectivity index is 0.000000157. The molecule has 0 bridgehead atoms. The van der Waals surface area contributed by atoms with Crippen molar-refractivity contribution in [1.29, 1.82) is 0 Å². The minimum atomic E-state index is 0.708. The first kappa shape index (κ1) is 18.0. The van der Waals surface area contributed by atoms with Gasteiger partial charge in [-0.3, -0.25) is 0 Å². The number of thiophene rings is 1. The summed E-state index contributed by atoms with van der Waals surface area (Å²) < 4.78 is 8.18. The van der Waals surface area contributed by atoms with E-state index in [0.29, 0.717) is 14.5 Å². The van der Waals surface area contributed by atoms with E-state index in [1.165, 1.54) is 9.75 Å². The van der Waals surface area contributed by atoms with Crippen molar-refractivity contribution in [2.45, 2.75) is 41.5 Å². The van der Waals surface area contributed by atoms with Crippen LogP contribution >= 0.6 is 11.3 Å². The molecule has 3 heterocycles. The Morgan fingerprint density at radius 2 is 1.10 bits per heavy atom. The number of furan rings is 1. The zero-order chi connectivity index (χ0) is 15.8. The molecule has 0 aliphatic carbocycles. The van der Waals surface area contributed by atoms with Crippen LogP contribution in [0.2, 0.25) is 0 Å². The molecule has 0 amide bonds. The van der Waals surface area contributed by atoms with Gasteiger partial charge in [-0.05, 0) is 52.0 Å². The summed E-state index contributed by atoms with van der Waals surface area (Å²) in [5.74, 6) is 1.97. The topological polar surface area (TPSA) is 13.1 Å². The number of hydrogen-bond acceptors (Lipinski definition) is 2. The summed E-state index contributed by atoms with van der Waals surface area (Å²) in [6, 6.07) is 12.6. The van der Waals surface area contributed by atoms with Gasteiger partial charge in [0.15, 0.2) is 0 Å². The van der Waals surface area contributed by atoms with Crippen molar-refractivity contribution in [3.05, 3.63) is 66.5 Å². The van der Waals surface area contributed by atoms with Crippen LogP contribution in [0.15, 0.2) is 40.8 Å². The smallest absolute Gasteiger partial charge is 0.101 e. The third kappa shape index (κ3) is 8.11. The van der Waals surface area contributed by atoms with Gasteiger partial charge in [-0.25, -0.2) is 0 Å². The molecule has 114 valence electrons. The molecule has 0 atom stereocenters. The van der Waals surface area contributed by atoms with E-state index in [0.717, 1.165) is 11.5 Å². The normalized spacial score (nSPS) is 9.43. The molecule has 0 aliphatic rings. The fraction of sp³-hybridized carbons (Fsp3) is 0.333. The summed E-state index contributed by atoms with van der Waals surface area (Å²) in [7, 11) is 0. The molecule has 0 spiro atoms. The summed E-state index contributed by atoms with van der Waals surface area (Å²) in [6.45, 7) is 12.5. The van der Waals surface area contributed by atoms with Crippen molar-refractivity contribution in [3.63, 3.8) is 0 Å². The van der Waals surface area contributed by atoms with Crippen LogP contribution in [0.25, 0.3) is 0 Å². The van der Waals surface area contributed by atoms with E-state index in [-0.39, 0.29) is 0 Å². The van der Waals surface area contributed by atoms with E-state index < -0.39 is 0 Å². The van der Waals surface area contributed by atoms with Gasteiger partial charge in [0.25, 0.3) is 0 Å². The number of rotatable bonds is 0. The first-order valence-electron chi connectivity index (χ1n) is 6.96. The number of aryl methyl sites for hydroxylation is 6. The molecule has 0 saturated heterocycles.